The Morgan fingerprint density at radius 1 is 1.41 bits per heavy atom. The van der Waals surface area contributed by atoms with Crippen LogP contribution in [0.25, 0.3) is 0 Å². The third-order valence-electron chi connectivity index (χ3n) is 2.86. The van der Waals surface area contributed by atoms with Crippen molar-refractivity contribution in [1.29, 1.82) is 0 Å². The molecule has 0 saturated carbocycles. The van der Waals surface area contributed by atoms with Gasteiger partial charge in [-0.05, 0) is 32.6 Å². The fourth-order valence-electron chi connectivity index (χ4n) is 1.90. The van der Waals surface area contributed by atoms with E-state index in [2.05, 4.69) is 36.2 Å². The molecule has 1 N–H and O–H groups in total. The molecular weight excluding hydrogens is 232 g/mol. The summed E-state index contributed by atoms with van der Waals surface area (Å²) in [6.07, 6.45) is 0. The van der Waals surface area contributed by atoms with Crippen molar-refractivity contribution in [2.24, 2.45) is 0 Å². The molecule has 17 heavy (non-hydrogen) atoms. The molecule has 4 heteroatoms. The zero-order valence-electron chi connectivity index (χ0n) is 11.3. The highest BCUT2D eigenvalue weighted by molar-refractivity contribution is 7.11. The summed E-state index contributed by atoms with van der Waals surface area (Å²) in [6.45, 7) is 8.26. The largest absolute Gasteiger partial charge is 0.383 e. The highest BCUT2D eigenvalue weighted by Gasteiger charge is 2.13. The number of nitrogens with one attached hydrogen (secondary N) is 1. The van der Waals surface area contributed by atoms with E-state index < -0.39 is 0 Å². The summed E-state index contributed by atoms with van der Waals surface area (Å²) in [6, 6.07) is 4.92. The fraction of sp³-hybridized carbons (Fsp3) is 0.692. The van der Waals surface area contributed by atoms with Crippen molar-refractivity contribution in [1.82, 2.24) is 10.2 Å². The second-order valence-corrected chi connectivity index (χ2v) is 5.52. The first-order chi connectivity index (χ1) is 8.21. The van der Waals surface area contributed by atoms with Crippen molar-refractivity contribution in [2.75, 3.05) is 27.3 Å². The van der Waals surface area contributed by atoms with Gasteiger partial charge in [0.25, 0.3) is 0 Å². The molecule has 1 aromatic heterocycles. The van der Waals surface area contributed by atoms with Crippen LogP contribution in [-0.2, 0) is 17.8 Å². The van der Waals surface area contributed by atoms with Gasteiger partial charge in [-0.2, -0.15) is 0 Å². The molecule has 0 aliphatic rings. The predicted molar refractivity (Wildman–Crippen MR) is 74.5 cm³/mol. The van der Waals surface area contributed by atoms with Gasteiger partial charge in [0.1, 0.15) is 0 Å². The van der Waals surface area contributed by atoms with Gasteiger partial charge in [0, 0.05) is 36.0 Å². The maximum atomic E-state index is 5.22. The molecule has 0 bridgehead atoms. The van der Waals surface area contributed by atoms with Gasteiger partial charge in [-0.25, -0.2) is 0 Å². The smallest absolute Gasteiger partial charge is 0.0615 e. The van der Waals surface area contributed by atoms with Gasteiger partial charge in [-0.1, -0.05) is 6.92 Å². The molecule has 0 aliphatic heterocycles. The van der Waals surface area contributed by atoms with Gasteiger partial charge < -0.3 is 10.1 Å². The summed E-state index contributed by atoms with van der Waals surface area (Å²) >= 11 is 1.89. The van der Waals surface area contributed by atoms with Crippen molar-refractivity contribution in [2.45, 2.75) is 33.0 Å². The Bertz CT molecular complexity index is 314. The van der Waals surface area contributed by atoms with E-state index in [9.17, 15) is 0 Å². The summed E-state index contributed by atoms with van der Waals surface area (Å²) in [5.41, 5.74) is 0. The van der Waals surface area contributed by atoms with Crippen molar-refractivity contribution in [3.63, 3.8) is 0 Å². The van der Waals surface area contributed by atoms with E-state index in [0.29, 0.717) is 6.04 Å². The average molecular weight is 256 g/mol. The van der Waals surface area contributed by atoms with Crippen LogP contribution in [0.3, 0.4) is 0 Å². The number of methoxy groups -OCH3 is 1. The molecule has 3 nitrogen and oxygen atoms in total. The molecule has 0 fully saturated rings. The zero-order valence-corrected chi connectivity index (χ0v) is 12.1. The SMILES string of the molecule is CCN(Cc1ccc(CNC)s1)C(C)COC. The van der Waals surface area contributed by atoms with E-state index in [1.807, 2.05) is 18.4 Å². The van der Waals surface area contributed by atoms with Gasteiger partial charge in [0.05, 0.1) is 6.61 Å². The second kappa shape index (κ2) is 7.82. The molecule has 0 spiro atoms. The Morgan fingerprint density at radius 3 is 2.71 bits per heavy atom. The second-order valence-electron chi connectivity index (χ2n) is 4.27. The molecule has 0 amide bonds. The lowest BCUT2D eigenvalue weighted by Crippen LogP contribution is -2.35. The third-order valence-corrected chi connectivity index (χ3v) is 3.93. The number of thiophene rings is 1. The first-order valence-corrected chi connectivity index (χ1v) is 6.98. The van der Waals surface area contributed by atoms with Crippen molar-refractivity contribution in [3.8, 4) is 0 Å². The molecule has 1 unspecified atom stereocenters. The third kappa shape index (κ3) is 4.76. The standard InChI is InChI=1S/C13H24N2OS/c1-5-15(11(2)10-16-4)9-13-7-6-12(17-13)8-14-3/h6-7,11,14H,5,8-10H2,1-4H3. The molecule has 1 rings (SSSR count). The molecule has 0 saturated heterocycles. The van der Waals surface area contributed by atoms with E-state index in [4.69, 9.17) is 4.74 Å². The number of rotatable bonds is 8. The Labute approximate surface area is 109 Å². The molecule has 0 aliphatic carbocycles. The van der Waals surface area contributed by atoms with Crippen LogP contribution < -0.4 is 5.32 Å². The molecule has 0 aromatic carbocycles. The summed E-state index contributed by atoms with van der Waals surface area (Å²) in [4.78, 5) is 5.27. The van der Waals surface area contributed by atoms with Crippen LogP contribution in [0.4, 0.5) is 0 Å². The van der Waals surface area contributed by atoms with Crippen molar-refractivity contribution >= 4 is 11.3 Å². The maximum Gasteiger partial charge on any atom is 0.0615 e. The number of likely N-dealkylation sites (N-methyl/N-ethyl adjacent to an activating group) is 1. The summed E-state index contributed by atoms with van der Waals surface area (Å²) in [7, 11) is 3.75. The van der Waals surface area contributed by atoms with Crippen LogP contribution in [0.5, 0.6) is 0 Å². The molecule has 0 radical (unpaired) electrons. The van der Waals surface area contributed by atoms with E-state index in [-0.39, 0.29) is 0 Å². The molecule has 1 atom stereocenters. The van der Waals surface area contributed by atoms with Crippen LogP contribution in [0.2, 0.25) is 0 Å². The van der Waals surface area contributed by atoms with E-state index in [1.54, 1.807) is 7.11 Å². The van der Waals surface area contributed by atoms with E-state index >= 15 is 0 Å². The van der Waals surface area contributed by atoms with Gasteiger partial charge in [-0.15, -0.1) is 11.3 Å². The molecular formula is C13H24N2OS. The first kappa shape index (κ1) is 14.6. The Balaban J connectivity index is 2.54. The topological polar surface area (TPSA) is 24.5 Å². The van der Waals surface area contributed by atoms with Crippen LogP contribution in [-0.4, -0.2) is 38.3 Å². The quantitative estimate of drug-likeness (QED) is 0.772. The summed E-state index contributed by atoms with van der Waals surface area (Å²) < 4.78 is 5.22. The van der Waals surface area contributed by atoms with Crippen molar-refractivity contribution in [3.05, 3.63) is 21.9 Å². The highest BCUT2D eigenvalue weighted by Crippen LogP contribution is 2.19. The molecule has 98 valence electrons. The van der Waals surface area contributed by atoms with Gasteiger partial charge in [0.15, 0.2) is 0 Å². The average Bonchev–Trinajstić information content (AvgIpc) is 2.74. The first-order valence-electron chi connectivity index (χ1n) is 6.16. The Hall–Kier alpha value is -0.420. The molecule has 1 heterocycles. The normalized spacial score (nSPS) is 13.2. The number of nitrogens with zero attached hydrogens (tertiary/aromatic N) is 1. The lowest BCUT2D eigenvalue weighted by atomic mass is 10.3. The predicted octanol–water partition coefficient (Wildman–Crippen LogP) is 2.32. The maximum absolute atomic E-state index is 5.22. The van der Waals surface area contributed by atoms with Crippen LogP contribution in [0, 0.1) is 0 Å². The number of ether oxygens (including phenoxy) is 1. The highest BCUT2D eigenvalue weighted by atomic mass is 32.1. The minimum Gasteiger partial charge on any atom is -0.383 e. The molecule has 1 aromatic rings. The summed E-state index contributed by atoms with van der Waals surface area (Å²) in [5, 5.41) is 3.18. The van der Waals surface area contributed by atoms with Crippen LogP contribution >= 0.6 is 11.3 Å². The lowest BCUT2D eigenvalue weighted by molar-refractivity contribution is 0.0988. The van der Waals surface area contributed by atoms with Crippen LogP contribution in [0.15, 0.2) is 12.1 Å². The van der Waals surface area contributed by atoms with Crippen LogP contribution in [0.1, 0.15) is 23.6 Å². The monoisotopic (exact) mass is 256 g/mol. The summed E-state index contributed by atoms with van der Waals surface area (Å²) in [5.74, 6) is 0. The van der Waals surface area contributed by atoms with E-state index in [0.717, 1.165) is 26.2 Å². The number of hydrogen-bond acceptors (Lipinski definition) is 4. The Morgan fingerprint density at radius 2 is 2.12 bits per heavy atom. The van der Waals surface area contributed by atoms with Crippen molar-refractivity contribution < 1.29 is 4.74 Å². The van der Waals surface area contributed by atoms with E-state index in [1.165, 1.54) is 9.75 Å². The lowest BCUT2D eigenvalue weighted by Gasteiger charge is -2.26. The van der Waals surface area contributed by atoms with Gasteiger partial charge in [-0.3, -0.25) is 4.90 Å². The minimum atomic E-state index is 0.472. The minimum absolute atomic E-state index is 0.472. The zero-order chi connectivity index (χ0) is 12.7. The Kier molecular flexibility index (Phi) is 6.73. The number of hydrogen-bond donors (Lipinski definition) is 1. The van der Waals surface area contributed by atoms with Gasteiger partial charge >= 0.3 is 0 Å². The van der Waals surface area contributed by atoms with Gasteiger partial charge in [0.2, 0.25) is 0 Å². The fourth-order valence-corrected chi connectivity index (χ4v) is 2.96.